The van der Waals surface area contributed by atoms with E-state index < -0.39 is 5.60 Å². The quantitative estimate of drug-likeness (QED) is 0.809. The van der Waals surface area contributed by atoms with E-state index in [9.17, 15) is 4.79 Å². The van der Waals surface area contributed by atoms with Crippen LogP contribution in [-0.4, -0.2) is 41.2 Å². The van der Waals surface area contributed by atoms with Gasteiger partial charge >= 0.3 is 6.09 Å². The summed E-state index contributed by atoms with van der Waals surface area (Å²) in [5.74, 6) is 0. The van der Waals surface area contributed by atoms with E-state index in [2.05, 4.69) is 22.4 Å². The molecule has 1 amide bonds. The van der Waals surface area contributed by atoms with Gasteiger partial charge in [0.05, 0.1) is 5.52 Å². The highest BCUT2D eigenvalue weighted by Crippen LogP contribution is 2.18. The number of benzene rings is 1. The summed E-state index contributed by atoms with van der Waals surface area (Å²) >= 11 is 0. The van der Waals surface area contributed by atoms with Crippen LogP contribution >= 0.6 is 0 Å². The molecule has 0 saturated carbocycles. The van der Waals surface area contributed by atoms with Gasteiger partial charge in [0.2, 0.25) is 0 Å². The highest BCUT2D eigenvalue weighted by molar-refractivity contribution is 5.82. The fourth-order valence-electron chi connectivity index (χ4n) is 2.68. The van der Waals surface area contributed by atoms with Gasteiger partial charge in [-0.15, -0.1) is 0 Å². The van der Waals surface area contributed by atoms with Crippen LogP contribution < -0.4 is 5.32 Å². The number of para-hydroxylation sites is 1. The summed E-state index contributed by atoms with van der Waals surface area (Å²) in [5, 5.41) is 4.59. The van der Waals surface area contributed by atoms with Crippen LogP contribution in [0.3, 0.4) is 0 Å². The van der Waals surface area contributed by atoms with Gasteiger partial charge < -0.3 is 15.0 Å². The summed E-state index contributed by atoms with van der Waals surface area (Å²) in [6.07, 6.45) is -0.262. The number of nitrogens with zero attached hydrogens (tertiary/aromatic N) is 2. The van der Waals surface area contributed by atoms with Gasteiger partial charge in [0.25, 0.3) is 0 Å². The molecule has 0 saturated heterocycles. The van der Waals surface area contributed by atoms with E-state index in [0.717, 1.165) is 17.8 Å². The predicted octanol–water partition coefficient (Wildman–Crippen LogP) is 3.89. The van der Waals surface area contributed by atoms with Crippen molar-refractivity contribution >= 4 is 17.0 Å². The summed E-state index contributed by atoms with van der Waals surface area (Å²) in [5.41, 5.74) is 2.79. The molecule has 136 valence electrons. The van der Waals surface area contributed by atoms with E-state index >= 15 is 0 Å². The minimum atomic E-state index is -0.467. The number of carbonyl (C=O) groups excluding carboxylic acids is 1. The second-order valence-corrected chi connectivity index (χ2v) is 7.18. The van der Waals surface area contributed by atoms with Crippen molar-refractivity contribution in [3.05, 3.63) is 41.6 Å². The average molecular weight is 343 g/mol. The third-order valence-corrected chi connectivity index (χ3v) is 3.84. The number of hydrogen-bond donors (Lipinski definition) is 1. The number of aromatic nitrogens is 1. The largest absolute Gasteiger partial charge is 0.444 e. The lowest BCUT2D eigenvalue weighted by Gasteiger charge is -2.26. The van der Waals surface area contributed by atoms with Crippen LogP contribution in [0.25, 0.3) is 10.9 Å². The standard InChI is InChI=1S/C20H29N3O2/c1-6-23(19(24)25-20(3,4)5)12-11-21-14-16-13-15(2)22-18-10-8-7-9-17(16)18/h7-10,13,21H,6,11-12,14H2,1-5H3. The molecule has 5 nitrogen and oxygen atoms in total. The van der Waals surface area contributed by atoms with E-state index in [4.69, 9.17) is 4.74 Å². The van der Waals surface area contributed by atoms with Gasteiger partial charge in [-0.3, -0.25) is 4.98 Å². The summed E-state index contributed by atoms with van der Waals surface area (Å²) in [6.45, 7) is 12.3. The highest BCUT2D eigenvalue weighted by Gasteiger charge is 2.20. The molecule has 0 bridgehead atoms. The zero-order chi connectivity index (χ0) is 18.4. The van der Waals surface area contributed by atoms with Gasteiger partial charge in [-0.05, 0) is 52.3 Å². The van der Waals surface area contributed by atoms with Crippen LogP contribution in [0, 0.1) is 6.92 Å². The molecule has 0 aliphatic rings. The third-order valence-electron chi connectivity index (χ3n) is 3.84. The van der Waals surface area contributed by atoms with Gasteiger partial charge in [-0.25, -0.2) is 4.79 Å². The fourth-order valence-corrected chi connectivity index (χ4v) is 2.68. The van der Waals surface area contributed by atoms with Crippen molar-refractivity contribution in [1.82, 2.24) is 15.2 Å². The number of aryl methyl sites for hydroxylation is 1. The van der Waals surface area contributed by atoms with Crippen LogP contribution in [0.4, 0.5) is 4.79 Å². The number of amides is 1. The van der Waals surface area contributed by atoms with E-state index in [0.29, 0.717) is 19.6 Å². The Morgan fingerprint density at radius 1 is 1.28 bits per heavy atom. The molecule has 1 aromatic heterocycles. The number of carbonyl (C=O) groups is 1. The Morgan fingerprint density at radius 3 is 2.68 bits per heavy atom. The number of rotatable bonds is 6. The summed E-state index contributed by atoms with van der Waals surface area (Å²) in [4.78, 5) is 18.4. The Bertz CT molecular complexity index is 722. The van der Waals surface area contributed by atoms with Gasteiger partial charge in [0, 0.05) is 37.3 Å². The third kappa shape index (κ3) is 5.71. The number of likely N-dealkylation sites (N-methyl/N-ethyl adjacent to an activating group) is 1. The molecule has 0 aliphatic carbocycles. The molecule has 0 aliphatic heterocycles. The van der Waals surface area contributed by atoms with E-state index in [1.165, 1.54) is 10.9 Å². The minimum absolute atomic E-state index is 0.262. The Morgan fingerprint density at radius 2 is 2.00 bits per heavy atom. The van der Waals surface area contributed by atoms with Crippen LogP contribution in [0.5, 0.6) is 0 Å². The van der Waals surface area contributed by atoms with Crippen LogP contribution in [0.1, 0.15) is 39.0 Å². The minimum Gasteiger partial charge on any atom is -0.444 e. The van der Waals surface area contributed by atoms with Crippen molar-refractivity contribution < 1.29 is 9.53 Å². The number of fused-ring (bicyclic) bond motifs is 1. The summed E-state index contributed by atoms with van der Waals surface area (Å²) in [6, 6.07) is 10.3. The summed E-state index contributed by atoms with van der Waals surface area (Å²) in [7, 11) is 0. The molecule has 1 N–H and O–H groups in total. The van der Waals surface area contributed by atoms with Crippen LogP contribution in [-0.2, 0) is 11.3 Å². The molecular weight excluding hydrogens is 314 g/mol. The predicted molar refractivity (Wildman–Crippen MR) is 102 cm³/mol. The smallest absolute Gasteiger partial charge is 0.410 e. The maximum atomic E-state index is 12.1. The molecule has 0 radical (unpaired) electrons. The molecule has 0 fully saturated rings. The van der Waals surface area contributed by atoms with Crippen LogP contribution in [0.2, 0.25) is 0 Å². The topological polar surface area (TPSA) is 54.5 Å². The van der Waals surface area contributed by atoms with Gasteiger partial charge in [0.15, 0.2) is 0 Å². The van der Waals surface area contributed by atoms with Gasteiger partial charge in [-0.1, -0.05) is 18.2 Å². The molecule has 0 spiro atoms. The van der Waals surface area contributed by atoms with Crippen molar-refractivity contribution in [2.45, 2.75) is 46.8 Å². The van der Waals surface area contributed by atoms with E-state index in [1.54, 1.807) is 4.90 Å². The maximum absolute atomic E-state index is 12.1. The van der Waals surface area contributed by atoms with Crippen molar-refractivity contribution in [3.63, 3.8) is 0 Å². The Labute approximate surface area is 150 Å². The lowest BCUT2D eigenvalue weighted by molar-refractivity contribution is 0.0262. The second kappa shape index (κ2) is 8.30. The molecule has 1 aromatic carbocycles. The maximum Gasteiger partial charge on any atom is 0.410 e. The van der Waals surface area contributed by atoms with Crippen molar-refractivity contribution in [3.8, 4) is 0 Å². The van der Waals surface area contributed by atoms with Crippen LogP contribution in [0.15, 0.2) is 30.3 Å². The Hall–Kier alpha value is -2.14. The molecule has 25 heavy (non-hydrogen) atoms. The van der Waals surface area contributed by atoms with Crippen molar-refractivity contribution in [2.75, 3.05) is 19.6 Å². The normalized spacial score (nSPS) is 11.6. The fraction of sp³-hybridized carbons (Fsp3) is 0.500. The molecule has 0 unspecified atom stereocenters. The summed E-state index contributed by atoms with van der Waals surface area (Å²) < 4.78 is 5.43. The monoisotopic (exact) mass is 343 g/mol. The van der Waals surface area contributed by atoms with E-state index in [-0.39, 0.29) is 6.09 Å². The zero-order valence-corrected chi connectivity index (χ0v) is 15.9. The number of hydrogen-bond acceptors (Lipinski definition) is 4. The molecular formula is C20H29N3O2. The van der Waals surface area contributed by atoms with E-state index in [1.807, 2.05) is 52.8 Å². The Balaban J connectivity index is 1.91. The first-order chi connectivity index (χ1) is 11.8. The van der Waals surface area contributed by atoms with Gasteiger partial charge in [-0.2, -0.15) is 0 Å². The SMILES string of the molecule is CCN(CCNCc1cc(C)nc2ccccc12)C(=O)OC(C)(C)C. The first-order valence-corrected chi connectivity index (χ1v) is 8.84. The molecule has 2 aromatic rings. The molecule has 5 heteroatoms. The number of pyridine rings is 1. The lowest BCUT2D eigenvalue weighted by Crippen LogP contribution is -2.40. The van der Waals surface area contributed by atoms with Gasteiger partial charge in [0.1, 0.15) is 5.60 Å². The first kappa shape index (κ1) is 19.2. The average Bonchev–Trinajstić information content (AvgIpc) is 2.52. The lowest BCUT2D eigenvalue weighted by atomic mass is 10.1. The highest BCUT2D eigenvalue weighted by atomic mass is 16.6. The second-order valence-electron chi connectivity index (χ2n) is 7.18. The number of nitrogens with one attached hydrogen (secondary N) is 1. The van der Waals surface area contributed by atoms with Crippen molar-refractivity contribution in [1.29, 1.82) is 0 Å². The number of ether oxygens (including phenoxy) is 1. The Kier molecular flexibility index (Phi) is 6.37. The molecule has 0 atom stereocenters. The zero-order valence-electron chi connectivity index (χ0n) is 15.9. The molecule has 1 heterocycles. The first-order valence-electron chi connectivity index (χ1n) is 8.84. The van der Waals surface area contributed by atoms with Crippen molar-refractivity contribution in [2.24, 2.45) is 0 Å². The molecule has 2 rings (SSSR count).